The largest absolute Gasteiger partial charge is 0.311 e. The molecule has 0 aliphatic carbocycles. The number of hydrogen-bond donors (Lipinski definition) is 0. The molecular weight excluding hydrogens is 1050 g/mol. The van der Waals surface area contributed by atoms with Gasteiger partial charge in [-0.3, -0.25) is 0 Å². The lowest BCUT2D eigenvalue weighted by molar-refractivity contribution is 0.568. The van der Waals surface area contributed by atoms with E-state index in [0.29, 0.717) is 5.69 Å². The van der Waals surface area contributed by atoms with Crippen molar-refractivity contribution in [3.8, 4) is 33.6 Å². The molecule has 0 saturated heterocycles. The zero-order valence-corrected chi connectivity index (χ0v) is 51.8. The first kappa shape index (κ1) is 46.0. The quantitative estimate of drug-likeness (QED) is 0.154. The molecule has 426 valence electrons. The maximum atomic E-state index is 9.54. The van der Waals surface area contributed by atoms with Gasteiger partial charge in [0.15, 0.2) is 0 Å². The van der Waals surface area contributed by atoms with Gasteiger partial charge in [-0.05, 0) is 167 Å². The maximum Gasteiger partial charge on any atom is 0.252 e. The zero-order valence-electron chi connectivity index (χ0n) is 59.8. The Hall–Kier alpha value is -9.32. The predicted octanol–water partition coefficient (Wildman–Crippen LogP) is 20.5. The Morgan fingerprint density at radius 1 is 0.299 bits per heavy atom. The Balaban J connectivity index is 1.000. The molecule has 2 aliphatic rings. The summed E-state index contributed by atoms with van der Waals surface area (Å²) in [5.41, 5.74) is 21.9. The summed E-state index contributed by atoms with van der Waals surface area (Å²) >= 11 is 0. The van der Waals surface area contributed by atoms with E-state index < -0.39 is 24.2 Å². The smallest absolute Gasteiger partial charge is 0.252 e. The first-order valence-corrected chi connectivity index (χ1v) is 30.5. The first-order chi connectivity index (χ1) is 45.0. The topological polar surface area (TPSA) is 16.3 Å². The lowest BCUT2D eigenvalue weighted by Crippen LogP contribution is -2.61. The molecule has 0 saturated carbocycles. The van der Waals surface area contributed by atoms with Crippen LogP contribution >= 0.6 is 0 Å². The second kappa shape index (κ2) is 19.6. The summed E-state index contributed by atoms with van der Waals surface area (Å²) in [6, 6.07) is 65.3. The van der Waals surface area contributed by atoms with Crippen LogP contribution in [0.3, 0.4) is 0 Å². The highest BCUT2D eigenvalue weighted by Crippen LogP contribution is 2.47. The molecule has 0 unspecified atom stereocenters. The number of aromatic nitrogens is 2. The number of hydrogen-bond acceptors (Lipinski definition) is 2. The Kier molecular flexibility index (Phi) is 10.4. The van der Waals surface area contributed by atoms with Crippen LogP contribution in [-0.2, 0) is 21.7 Å². The highest BCUT2D eigenvalue weighted by atomic mass is 15.2. The van der Waals surface area contributed by atoms with E-state index >= 15 is 0 Å². The Morgan fingerprint density at radius 2 is 0.655 bits per heavy atom. The Bertz CT molecular complexity index is 5210. The number of nitrogens with zero attached hydrogens (tertiary/aromatic N) is 4. The monoisotopic (exact) mass is 1130 g/mol. The van der Waals surface area contributed by atoms with Crippen LogP contribution in [0.5, 0.6) is 0 Å². The van der Waals surface area contributed by atoms with E-state index in [-0.39, 0.29) is 74.3 Å². The molecule has 0 fully saturated rings. The van der Waals surface area contributed by atoms with Crippen LogP contribution in [0.25, 0.3) is 77.2 Å². The second-order valence-electron chi connectivity index (χ2n) is 28.1. The SMILES string of the molecule is [2H]c1c([2H])c([2H])c2c(c1[2H])c1c([2H])c([2H])c([2H])c([2H])c1n2-c1ccc2c(c1)N(c1ccc(-c3cc(C(C)(C)C)cc(C(C)(C)C)c3)cc1)c1cccc3c1B2c1ccc(-n2c4ccccc4c4ccccc42)cc1N3c1ccc(-c2cc(C(C)(C)C)cc(C(C)(C)C)c2)cc1. The van der Waals surface area contributed by atoms with Crippen LogP contribution in [0.1, 0.15) is 116 Å². The van der Waals surface area contributed by atoms with Gasteiger partial charge in [0.2, 0.25) is 0 Å². The van der Waals surface area contributed by atoms with Gasteiger partial charge in [-0.25, -0.2) is 0 Å². The molecule has 0 N–H and O–H groups in total. The van der Waals surface area contributed by atoms with Gasteiger partial charge in [-0.1, -0.05) is 235 Å². The van der Waals surface area contributed by atoms with Crippen molar-refractivity contribution in [2.45, 2.75) is 105 Å². The van der Waals surface area contributed by atoms with Gasteiger partial charge in [-0.2, -0.15) is 0 Å². The van der Waals surface area contributed by atoms with Crippen LogP contribution in [0.15, 0.2) is 236 Å². The molecule has 87 heavy (non-hydrogen) atoms. The van der Waals surface area contributed by atoms with Crippen molar-refractivity contribution in [1.29, 1.82) is 0 Å². The molecule has 4 nitrogen and oxygen atoms in total. The molecule has 4 heterocycles. The minimum atomic E-state index is -0.482. The van der Waals surface area contributed by atoms with Gasteiger partial charge in [0.1, 0.15) is 0 Å². The second-order valence-corrected chi connectivity index (χ2v) is 28.1. The highest BCUT2D eigenvalue weighted by Gasteiger charge is 2.44. The summed E-state index contributed by atoms with van der Waals surface area (Å²) in [6.07, 6.45) is 0. The van der Waals surface area contributed by atoms with Crippen molar-refractivity contribution in [1.82, 2.24) is 9.13 Å². The number of para-hydroxylation sites is 4. The van der Waals surface area contributed by atoms with Crippen molar-refractivity contribution >= 4 is 101 Å². The van der Waals surface area contributed by atoms with Crippen LogP contribution in [0.2, 0.25) is 0 Å². The Morgan fingerprint density at radius 3 is 1.05 bits per heavy atom. The molecule has 11 aromatic carbocycles. The van der Waals surface area contributed by atoms with E-state index in [1.165, 1.54) is 38.6 Å². The molecule has 5 heteroatoms. The first-order valence-electron chi connectivity index (χ1n) is 34.5. The van der Waals surface area contributed by atoms with E-state index in [0.717, 1.165) is 83.9 Å². The predicted molar refractivity (Wildman–Crippen MR) is 375 cm³/mol. The van der Waals surface area contributed by atoms with Crippen molar-refractivity contribution in [3.05, 3.63) is 259 Å². The van der Waals surface area contributed by atoms with E-state index in [1.54, 1.807) is 4.57 Å². The van der Waals surface area contributed by atoms with Gasteiger partial charge in [-0.15, -0.1) is 0 Å². The molecule has 0 bridgehead atoms. The summed E-state index contributed by atoms with van der Waals surface area (Å²) in [5, 5.41) is 2.40. The molecule has 13 aromatic rings. The summed E-state index contributed by atoms with van der Waals surface area (Å²) in [5.74, 6) is 0. The van der Waals surface area contributed by atoms with E-state index in [4.69, 9.17) is 5.48 Å². The molecule has 0 atom stereocenters. The minimum Gasteiger partial charge on any atom is -0.311 e. The number of benzene rings is 11. The van der Waals surface area contributed by atoms with Crippen molar-refractivity contribution in [2.24, 2.45) is 0 Å². The maximum absolute atomic E-state index is 9.54. The summed E-state index contributed by atoms with van der Waals surface area (Å²) < 4.78 is 77.4. The fourth-order valence-corrected chi connectivity index (χ4v) is 13.5. The van der Waals surface area contributed by atoms with Crippen LogP contribution in [-0.4, -0.2) is 15.8 Å². The summed E-state index contributed by atoms with van der Waals surface area (Å²) in [7, 11) is 0. The van der Waals surface area contributed by atoms with Crippen molar-refractivity contribution in [2.75, 3.05) is 9.80 Å². The zero-order chi connectivity index (χ0) is 67.0. The molecule has 2 aliphatic heterocycles. The van der Waals surface area contributed by atoms with Gasteiger partial charge in [0.05, 0.1) is 33.0 Å². The Labute approximate surface area is 525 Å². The lowest BCUT2D eigenvalue weighted by Gasteiger charge is -2.44. The third-order valence-corrected chi connectivity index (χ3v) is 18.3. The summed E-state index contributed by atoms with van der Waals surface area (Å²) in [4.78, 5) is 4.74. The van der Waals surface area contributed by atoms with Gasteiger partial charge < -0.3 is 18.9 Å². The van der Waals surface area contributed by atoms with Gasteiger partial charge in [0.25, 0.3) is 6.71 Å². The van der Waals surface area contributed by atoms with Gasteiger partial charge in [0, 0.05) is 67.0 Å². The van der Waals surface area contributed by atoms with Crippen LogP contribution in [0, 0.1) is 0 Å². The number of anilines is 6. The highest BCUT2D eigenvalue weighted by molar-refractivity contribution is 7.00. The molecule has 2 aromatic heterocycles. The third kappa shape index (κ3) is 8.94. The molecule has 15 rings (SSSR count). The minimum absolute atomic E-state index is 0.0322. The van der Waals surface area contributed by atoms with Crippen molar-refractivity contribution < 1.29 is 11.0 Å². The average Bonchev–Trinajstić information content (AvgIpc) is 1.63. The van der Waals surface area contributed by atoms with E-state index in [2.05, 4.69) is 273 Å². The van der Waals surface area contributed by atoms with Crippen LogP contribution in [0.4, 0.5) is 34.1 Å². The fraction of sp³-hybridized carbons (Fsp3) is 0.195. The van der Waals surface area contributed by atoms with Gasteiger partial charge >= 0.3 is 0 Å². The normalized spacial score (nSPS) is 14.7. The van der Waals surface area contributed by atoms with Crippen molar-refractivity contribution in [3.63, 3.8) is 0 Å². The third-order valence-electron chi connectivity index (χ3n) is 18.3. The van der Waals surface area contributed by atoms with E-state index in [1.807, 2.05) is 12.1 Å². The number of rotatable bonds is 6. The van der Waals surface area contributed by atoms with Crippen LogP contribution < -0.4 is 26.2 Å². The average molecular weight is 1140 g/mol. The molecule has 0 spiro atoms. The summed E-state index contributed by atoms with van der Waals surface area (Å²) in [6.45, 7) is 26.9. The molecule has 0 radical (unpaired) electrons. The number of fused-ring (bicyclic) bond motifs is 10. The van der Waals surface area contributed by atoms with E-state index in [9.17, 15) is 5.48 Å². The standard InChI is InChI=1S/C82H75BN4/c1-79(2,3)56-44-54(45-57(48-56)80(4,5)6)52-32-36-60(37-33-52)84-74-30-21-31-75-78(74)83(68-42-40-62(50-76(68)84)86-70-26-17-13-22-64(70)65-23-14-18-27-71(65)86)69-43-41-63(87-72-28-19-15-24-66(72)67-25-16-20-29-73(67)87)51-77(69)85(75)61-38-34-53(35-39-61)55-46-58(81(7,8)9)49-59(47-55)82(10,11)12/h13-51H,1-12H3/i13D,14D,17D,18D,22D,23D,26D,27D. The fourth-order valence-electron chi connectivity index (χ4n) is 13.5. The molecular formula is C82H75BN4. The lowest BCUT2D eigenvalue weighted by atomic mass is 9.33. The molecule has 0 amide bonds.